The monoisotopic (exact) mass is 437 g/mol. The van der Waals surface area contributed by atoms with E-state index in [2.05, 4.69) is 15.5 Å². The molecule has 0 aliphatic carbocycles. The highest BCUT2D eigenvalue weighted by Crippen LogP contribution is 2.15. The molecule has 3 rings (SSSR count). The number of carbonyl (C=O) groups is 3. The van der Waals surface area contributed by atoms with Crippen LogP contribution in [-0.2, 0) is 20.9 Å². The minimum atomic E-state index is -0.561. The Labute approximate surface area is 186 Å². The van der Waals surface area contributed by atoms with Crippen molar-refractivity contribution < 1.29 is 19.1 Å². The standard InChI is InChI=1S/C23H27N5O4/c1-27(2)17-10-8-16(9-11-17)14-28(3)20(29)15-32-21(30)12-13-24-23(31)22-18-6-4-5-7-19(18)25-26-22/h4-11H,12-15H2,1-3H3,(H,24,31)(H,25,26). The number of rotatable bonds is 9. The summed E-state index contributed by atoms with van der Waals surface area (Å²) in [4.78, 5) is 40.0. The topological polar surface area (TPSA) is 108 Å². The summed E-state index contributed by atoms with van der Waals surface area (Å²) < 4.78 is 5.05. The molecule has 1 heterocycles. The van der Waals surface area contributed by atoms with Gasteiger partial charge in [-0.1, -0.05) is 30.3 Å². The number of nitrogens with one attached hydrogen (secondary N) is 2. The highest BCUT2D eigenvalue weighted by atomic mass is 16.5. The van der Waals surface area contributed by atoms with Crippen LogP contribution in [0.4, 0.5) is 5.69 Å². The maximum absolute atomic E-state index is 12.3. The van der Waals surface area contributed by atoms with Gasteiger partial charge in [0.2, 0.25) is 0 Å². The maximum Gasteiger partial charge on any atom is 0.308 e. The molecule has 0 spiro atoms. The van der Waals surface area contributed by atoms with Crippen LogP contribution in [0, 0.1) is 0 Å². The van der Waals surface area contributed by atoms with Crippen LogP contribution in [-0.4, -0.2) is 67.2 Å². The molecular weight excluding hydrogens is 410 g/mol. The van der Waals surface area contributed by atoms with Crippen molar-refractivity contribution in [3.05, 3.63) is 59.8 Å². The number of nitrogens with zero attached hydrogens (tertiary/aromatic N) is 3. The summed E-state index contributed by atoms with van der Waals surface area (Å²) >= 11 is 0. The molecule has 0 unspecified atom stereocenters. The van der Waals surface area contributed by atoms with Crippen LogP contribution in [0.3, 0.4) is 0 Å². The zero-order valence-electron chi connectivity index (χ0n) is 18.4. The zero-order chi connectivity index (χ0) is 23.1. The van der Waals surface area contributed by atoms with E-state index >= 15 is 0 Å². The first-order valence-corrected chi connectivity index (χ1v) is 10.2. The molecule has 0 saturated carbocycles. The molecule has 2 amide bonds. The molecule has 0 atom stereocenters. The number of para-hydroxylation sites is 1. The highest BCUT2D eigenvalue weighted by molar-refractivity contribution is 6.04. The molecule has 9 nitrogen and oxygen atoms in total. The van der Waals surface area contributed by atoms with Gasteiger partial charge in [0.1, 0.15) is 0 Å². The Bertz CT molecular complexity index is 1090. The highest BCUT2D eigenvalue weighted by Gasteiger charge is 2.15. The van der Waals surface area contributed by atoms with Gasteiger partial charge in [0.15, 0.2) is 12.3 Å². The largest absolute Gasteiger partial charge is 0.456 e. The van der Waals surface area contributed by atoms with Gasteiger partial charge in [0.05, 0.1) is 11.9 Å². The van der Waals surface area contributed by atoms with Gasteiger partial charge in [-0.15, -0.1) is 0 Å². The molecule has 9 heteroatoms. The van der Waals surface area contributed by atoms with Crippen molar-refractivity contribution in [1.29, 1.82) is 0 Å². The van der Waals surface area contributed by atoms with Gasteiger partial charge >= 0.3 is 5.97 Å². The number of ether oxygens (including phenoxy) is 1. The van der Waals surface area contributed by atoms with Gasteiger partial charge < -0.3 is 19.9 Å². The molecule has 0 bridgehead atoms. The molecule has 0 aliphatic heterocycles. The number of hydrogen-bond donors (Lipinski definition) is 2. The number of fused-ring (bicyclic) bond motifs is 1. The first kappa shape index (κ1) is 22.8. The summed E-state index contributed by atoms with van der Waals surface area (Å²) in [6.45, 7) is 0.155. The lowest BCUT2D eigenvalue weighted by atomic mass is 10.2. The fraction of sp³-hybridized carbons (Fsp3) is 0.304. The molecule has 168 valence electrons. The van der Waals surface area contributed by atoms with Gasteiger partial charge in [-0.3, -0.25) is 19.5 Å². The van der Waals surface area contributed by atoms with Gasteiger partial charge in [0, 0.05) is 45.3 Å². The van der Waals surface area contributed by atoms with Crippen molar-refractivity contribution in [2.75, 3.05) is 39.2 Å². The minimum absolute atomic E-state index is 0.0446. The van der Waals surface area contributed by atoms with E-state index in [0.717, 1.165) is 16.8 Å². The van der Waals surface area contributed by atoms with E-state index in [4.69, 9.17) is 4.74 Å². The lowest BCUT2D eigenvalue weighted by Gasteiger charge is -2.18. The number of benzene rings is 2. The summed E-state index contributed by atoms with van der Waals surface area (Å²) in [5.41, 5.74) is 3.08. The van der Waals surface area contributed by atoms with E-state index in [1.807, 2.05) is 61.5 Å². The van der Waals surface area contributed by atoms with Crippen LogP contribution >= 0.6 is 0 Å². The normalized spacial score (nSPS) is 10.6. The predicted molar refractivity (Wildman–Crippen MR) is 121 cm³/mol. The Hall–Kier alpha value is -3.88. The molecular formula is C23H27N5O4. The second kappa shape index (κ2) is 10.4. The number of esters is 1. The van der Waals surface area contributed by atoms with Crippen molar-refractivity contribution in [1.82, 2.24) is 20.4 Å². The van der Waals surface area contributed by atoms with Gasteiger partial charge in [-0.05, 0) is 23.8 Å². The Morgan fingerprint density at radius 1 is 1.03 bits per heavy atom. The van der Waals surface area contributed by atoms with Crippen LogP contribution in [0.25, 0.3) is 10.9 Å². The van der Waals surface area contributed by atoms with Crippen molar-refractivity contribution in [3.63, 3.8) is 0 Å². The molecule has 2 N–H and O–H groups in total. The fourth-order valence-corrected chi connectivity index (χ4v) is 3.08. The summed E-state index contributed by atoms with van der Waals surface area (Å²) in [7, 11) is 5.58. The zero-order valence-corrected chi connectivity index (χ0v) is 18.4. The second-order valence-electron chi connectivity index (χ2n) is 7.60. The Morgan fingerprint density at radius 3 is 2.47 bits per heavy atom. The molecule has 3 aromatic rings. The Kier molecular flexibility index (Phi) is 7.43. The predicted octanol–water partition coefficient (Wildman–Crippen LogP) is 1.95. The van der Waals surface area contributed by atoms with Crippen LogP contribution in [0.15, 0.2) is 48.5 Å². The fourth-order valence-electron chi connectivity index (χ4n) is 3.08. The molecule has 32 heavy (non-hydrogen) atoms. The second-order valence-corrected chi connectivity index (χ2v) is 7.60. The summed E-state index contributed by atoms with van der Waals surface area (Å²) in [6.07, 6.45) is -0.0446. The average Bonchev–Trinajstić information content (AvgIpc) is 3.22. The lowest BCUT2D eigenvalue weighted by molar-refractivity contribution is -0.151. The van der Waals surface area contributed by atoms with E-state index in [1.54, 1.807) is 13.1 Å². The average molecular weight is 438 g/mol. The van der Waals surface area contributed by atoms with Crippen molar-refractivity contribution in [2.45, 2.75) is 13.0 Å². The molecule has 0 fully saturated rings. The smallest absolute Gasteiger partial charge is 0.308 e. The number of carbonyl (C=O) groups excluding carboxylic acids is 3. The molecule has 0 saturated heterocycles. The number of aromatic nitrogens is 2. The van der Waals surface area contributed by atoms with Crippen LogP contribution < -0.4 is 10.2 Å². The summed E-state index contributed by atoms with van der Waals surface area (Å²) in [6, 6.07) is 15.1. The van der Waals surface area contributed by atoms with Gasteiger partial charge in [-0.25, -0.2) is 0 Å². The van der Waals surface area contributed by atoms with Crippen molar-refractivity contribution in [3.8, 4) is 0 Å². The number of aromatic amines is 1. The minimum Gasteiger partial charge on any atom is -0.456 e. The van der Waals surface area contributed by atoms with Gasteiger partial charge in [0.25, 0.3) is 11.8 Å². The SMILES string of the molecule is CN(Cc1ccc(N(C)C)cc1)C(=O)COC(=O)CCNC(=O)c1n[nH]c2ccccc12. The van der Waals surface area contributed by atoms with E-state index in [9.17, 15) is 14.4 Å². The Morgan fingerprint density at radius 2 is 1.75 bits per heavy atom. The first-order valence-electron chi connectivity index (χ1n) is 10.2. The number of H-pyrrole nitrogens is 1. The van der Waals surface area contributed by atoms with Gasteiger partial charge in [-0.2, -0.15) is 5.10 Å². The Balaban J connectivity index is 1.38. The van der Waals surface area contributed by atoms with Crippen LogP contribution in [0.5, 0.6) is 0 Å². The van der Waals surface area contributed by atoms with Crippen molar-refractivity contribution >= 4 is 34.4 Å². The van der Waals surface area contributed by atoms with E-state index in [1.165, 1.54) is 4.90 Å². The molecule has 2 aromatic carbocycles. The number of likely N-dealkylation sites (N-methyl/N-ethyl adjacent to an activating group) is 1. The van der Waals surface area contributed by atoms with E-state index in [0.29, 0.717) is 11.9 Å². The lowest BCUT2D eigenvalue weighted by Crippen LogP contribution is -2.32. The third kappa shape index (κ3) is 5.84. The third-order valence-corrected chi connectivity index (χ3v) is 4.95. The summed E-state index contributed by atoms with van der Waals surface area (Å²) in [5.74, 6) is -1.25. The third-order valence-electron chi connectivity index (χ3n) is 4.95. The molecule has 0 aliphatic rings. The first-order chi connectivity index (χ1) is 15.3. The summed E-state index contributed by atoms with van der Waals surface area (Å²) in [5, 5.41) is 10.2. The van der Waals surface area contributed by atoms with Crippen molar-refractivity contribution in [2.24, 2.45) is 0 Å². The molecule has 0 radical (unpaired) electrons. The maximum atomic E-state index is 12.3. The van der Waals surface area contributed by atoms with Crippen LogP contribution in [0.2, 0.25) is 0 Å². The van der Waals surface area contributed by atoms with E-state index < -0.39 is 5.97 Å². The number of amides is 2. The molecule has 1 aromatic heterocycles. The number of anilines is 1. The quantitative estimate of drug-likeness (QED) is 0.496. The van der Waals surface area contributed by atoms with E-state index in [-0.39, 0.29) is 37.1 Å². The van der Waals surface area contributed by atoms with Crippen LogP contribution in [0.1, 0.15) is 22.5 Å². The number of hydrogen-bond acceptors (Lipinski definition) is 6.